The number of halogens is 2. The fourth-order valence-electron chi connectivity index (χ4n) is 3.23. The second kappa shape index (κ2) is 11.3. The number of carbonyl (C=O) groups is 1. The van der Waals surface area contributed by atoms with E-state index in [1.807, 2.05) is 27.7 Å². The number of nitro benzene ring substituents is 1. The summed E-state index contributed by atoms with van der Waals surface area (Å²) in [5, 5.41) is 11.1. The second-order valence-corrected chi connectivity index (χ2v) is 11.6. The van der Waals surface area contributed by atoms with Gasteiger partial charge >= 0.3 is 0 Å². The Morgan fingerprint density at radius 2 is 1.61 bits per heavy atom. The third kappa shape index (κ3) is 7.15. The Bertz CT molecular complexity index is 1100. The predicted octanol–water partition coefficient (Wildman–Crippen LogP) is 5.35. The van der Waals surface area contributed by atoms with E-state index in [9.17, 15) is 23.3 Å². The molecule has 0 aliphatic rings. The van der Waals surface area contributed by atoms with Gasteiger partial charge in [0.1, 0.15) is 11.6 Å². The lowest BCUT2D eigenvalue weighted by atomic mass is 10.1. The summed E-state index contributed by atoms with van der Waals surface area (Å²) in [6, 6.07) is 9.72. The molecule has 0 saturated carbocycles. The van der Waals surface area contributed by atoms with Gasteiger partial charge in [-0.15, -0.1) is 0 Å². The first-order valence-corrected chi connectivity index (χ1v) is 12.9. The fraction of sp³-hybridized carbons (Fsp3) is 0.409. The average molecular weight is 561 g/mol. The number of rotatable bonds is 10. The van der Waals surface area contributed by atoms with Crippen LogP contribution >= 0.6 is 27.5 Å². The van der Waals surface area contributed by atoms with E-state index in [0.29, 0.717) is 13.1 Å². The molecule has 0 radical (unpaired) electrons. The first-order chi connectivity index (χ1) is 15.3. The van der Waals surface area contributed by atoms with Crippen LogP contribution in [-0.4, -0.2) is 43.8 Å². The Kier molecular flexibility index (Phi) is 9.28. The van der Waals surface area contributed by atoms with Gasteiger partial charge in [0.15, 0.2) is 0 Å². The summed E-state index contributed by atoms with van der Waals surface area (Å²) >= 11 is 9.18. The summed E-state index contributed by atoms with van der Waals surface area (Å²) in [6.07, 6.45) is 0. The number of nitro groups is 1. The molecule has 0 N–H and O–H groups in total. The van der Waals surface area contributed by atoms with Crippen molar-refractivity contribution in [2.75, 3.05) is 23.9 Å². The third-order valence-electron chi connectivity index (χ3n) is 4.62. The van der Waals surface area contributed by atoms with E-state index in [0.717, 1.165) is 20.9 Å². The Hall–Kier alpha value is -2.17. The van der Waals surface area contributed by atoms with Gasteiger partial charge in [0.25, 0.3) is 15.7 Å². The molecule has 33 heavy (non-hydrogen) atoms. The lowest BCUT2D eigenvalue weighted by molar-refractivity contribution is -0.384. The summed E-state index contributed by atoms with van der Waals surface area (Å²) in [5.74, 6) is 0.0427. The molecule has 8 nitrogen and oxygen atoms in total. The van der Waals surface area contributed by atoms with E-state index < -0.39 is 27.2 Å². The fourth-order valence-corrected chi connectivity index (χ4v) is 5.11. The second-order valence-electron chi connectivity index (χ2n) is 8.44. The minimum atomic E-state index is -4.32. The Morgan fingerprint density at radius 3 is 2.09 bits per heavy atom. The van der Waals surface area contributed by atoms with Crippen LogP contribution in [0.15, 0.2) is 51.8 Å². The van der Waals surface area contributed by atoms with Gasteiger partial charge in [-0.3, -0.25) is 19.2 Å². The lowest BCUT2D eigenvalue weighted by Crippen LogP contribution is -2.45. The molecule has 2 aromatic carbocycles. The minimum Gasteiger partial charge on any atom is -0.341 e. The number of anilines is 1. The van der Waals surface area contributed by atoms with Crippen molar-refractivity contribution in [3.63, 3.8) is 0 Å². The van der Waals surface area contributed by atoms with E-state index >= 15 is 0 Å². The molecule has 0 aromatic heterocycles. The number of nitrogens with zero attached hydrogens (tertiary/aromatic N) is 3. The van der Waals surface area contributed by atoms with E-state index in [2.05, 4.69) is 15.9 Å². The van der Waals surface area contributed by atoms with Crippen LogP contribution in [0.2, 0.25) is 5.02 Å². The number of amides is 1. The van der Waals surface area contributed by atoms with E-state index in [1.54, 1.807) is 29.2 Å². The quantitative estimate of drug-likeness (QED) is 0.288. The van der Waals surface area contributed by atoms with Crippen molar-refractivity contribution < 1.29 is 18.1 Å². The van der Waals surface area contributed by atoms with Crippen molar-refractivity contribution in [3.05, 3.63) is 62.1 Å². The summed E-state index contributed by atoms with van der Waals surface area (Å²) in [6.45, 7) is 8.45. The summed E-state index contributed by atoms with van der Waals surface area (Å²) in [7, 11) is -4.32. The molecular formula is C22H27BrClN3O5S. The maximum atomic E-state index is 13.6. The first kappa shape index (κ1) is 27.1. The number of sulfonamides is 1. The maximum absolute atomic E-state index is 13.6. The van der Waals surface area contributed by atoms with Crippen molar-refractivity contribution in [1.82, 2.24) is 4.90 Å². The monoisotopic (exact) mass is 559 g/mol. The van der Waals surface area contributed by atoms with Crippen LogP contribution in [0.1, 0.15) is 27.7 Å². The van der Waals surface area contributed by atoms with Gasteiger partial charge in [-0.25, -0.2) is 8.42 Å². The highest BCUT2D eigenvalue weighted by Gasteiger charge is 2.31. The molecule has 2 aromatic rings. The largest absolute Gasteiger partial charge is 0.341 e. The standard InChI is InChI=1S/C22H27BrClN3O5S/c1-15(2)12-25(13-16(3)4)22(28)14-26(18-7-5-17(23)6-8-18)33(31,32)19-9-10-20(24)21(11-19)27(29)30/h5-11,15-16H,12-14H2,1-4H3. The van der Waals surface area contributed by atoms with Crippen molar-refractivity contribution in [3.8, 4) is 0 Å². The van der Waals surface area contributed by atoms with Crippen LogP contribution in [-0.2, 0) is 14.8 Å². The van der Waals surface area contributed by atoms with Gasteiger partial charge in [-0.1, -0.05) is 55.2 Å². The van der Waals surface area contributed by atoms with Gasteiger partial charge in [0.05, 0.1) is 15.5 Å². The van der Waals surface area contributed by atoms with Crippen LogP contribution in [0.3, 0.4) is 0 Å². The third-order valence-corrected chi connectivity index (χ3v) is 7.24. The Labute approximate surface area is 207 Å². The molecule has 0 heterocycles. The van der Waals surface area contributed by atoms with Crippen molar-refractivity contribution >= 4 is 54.8 Å². The highest BCUT2D eigenvalue weighted by molar-refractivity contribution is 9.10. The van der Waals surface area contributed by atoms with Crippen LogP contribution < -0.4 is 4.31 Å². The summed E-state index contributed by atoms with van der Waals surface area (Å²) in [5.41, 5.74) is -0.265. The van der Waals surface area contributed by atoms with Crippen molar-refractivity contribution in [2.24, 2.45) is 11.8 Å². The van der Waals surface area contributed by atoms with E-state index in [-0.39, 0.29) is 33.3 Å². The topological polar surface area (TPSA) is 101 Å². The van der Waals surface area contributed by atoms with Gasteiger partial charge in [-0.05, 0) is 48.2 Å². The number of hydrogen-bond acceptors (Lipinski definition) is 5. The zero-order valence-corrected chi connectivity index (χ0v) is 22.0. The normalized spacial score (nSPS) is 11.6. The molecular weight excluding hydrogens is 534 g/mol. The van der Waals surface area contributed by atoms with Crippen LogP contribution in [0.4, 0.5) is 11.4 Å². The highest BCUT2D eigenvalue weighted by Crippen LogP contribution is 2.31. The Balaban J connectivity index is 2.54. The SMILES string of the molecule is CC(C)CN(CC(C)C)C(=O)CN(c1ccc(Br)cc1)S(=O)(=O)c1ccc(Cl)c([N+](=O)[O-])c1. The molecule has 0 unspecified atom stereocenters. The smallest absolute Gasteiger partial charge is 0.289 e. The molecule has 0 atom stereocenters. The molecule has 0 aliphatic carbocycles. The first-order valence-electron chi connectivity index (χ1n) is 10.3. The van der Waals surface area contributed by atoms with Gasteiger partial charge in [0.2, 0.25) is 5.91 Å². The zero-order chi connectivity index (χ0) is 24.9. The number of hydrogen-bond donors (Lipinski definition) is 0. The van der Waals surface area contributed by atoms with E-state index in [4.69, 9.17) is 11.6 Å². The maximum Gasteiger partial charge on any atom is 0.289 e. The molecule has 180 valence electrons. The zero-order valence-electron chi connectivity index (χ0n) is 18.9. The number of benzene rings is 2. The molecule has 0 saturated heterocycles. The minimum absolute atomic E-state index is 0.176. The molecule has 2 rings (SSSR count). The molecule has 1 amide bonds. The molecule has 0 bridgehead atoms. The van der Waals surface area contributed by atoms with Crippen LogP contribution in [0.5, 0.6) is 0 Å². The van der Waals surface area contributed by atoms with Gasteiger partial charge in [0, 0.05) is 23.6 Å². The molecule has 11 heteroatoms. The van der Waals surface area contributed by atoms with E-state index in [1.165, 1.54) is 6.07 Å². The van der Waals surface area contributed by atoms with Gasteiger partial charge < -0.3 is 4.90 Å². The predicted molar refractivity (Wildman–Crippen MR) is 133 cm³/mol. The summed E-state index contributed by atoms with van der Waals surface area (Å²) in [4.78, 5) is 25.1. The van der Waals surface area contributed by atoms with Crippen LogP contribution in [0.25, 0.3) is 0 Å². The van der Waals surface area contributed by atoms with Crippen LogP contribution in [0, 0.1) is 22.0 Å². The molecule has 0 spiro atoms. The average Bonchev–Trinajstić information content (AvgIpc) is 2.71. The molecule has 0 aliphatic heterocycles. The number of carbonyl (C=O) groups excluding carboxylic acids is 1. The highest BCUT2D eigenvalue weighted by atomic mass is 79.9. The van der Waals surface area contributed by atoms with Crippen molar-refractivity contribution in [2.45, 2.75) is 32.6 Å². The summed E-state index contributed by atoms with van der Waals surface area (Å²) < 4.78 is 28.9. The molecule has 0 fully saturated rings. The Morgan fingerprint density at radius 1 is 1.06 bits per heavy atom. The lowest BCUT2D eigenvalue weighted by Gasteiger charge is -2.30. The van der Waals surface area contributed by atoms with Crippen molar-refractivity contribution in [1.29, 1.82) is 0 Å². The van der Waals surface area contributed by atoms with Gasteiger partial charge in [-0.2, -0.15) is 0 Å².